The second-order valence-corrected chi connectivity index (χ2v) is 8.67. The molecule has 0 aliphatic carbocycles. The third kappa shape index (κ3) is 6.82. The molecule has 0 unspecified atom stereocenters. The van der Waals surface area contributed by atoms with Gasteiger partial charge in [0.1, 0.15) is 0 Å². The Morgan fingerprint density at radius 1 is 1.06 bits per heavy atom. The molecule has 0 aromatic heterocycles. The summed E-state index contributed by atoms with van der Waals surface area (Å²) >= 11 is 9.27. The molecule has 0 fully saturated rings. The predicted molar refractivity (Wildman–Crippen MR) is 137 cm³/mol. The molecule has 0 aliphatic rings. The van der Waals surface area contributed by atoms with E-state index in [1.54, 1.807) is 36.4 Å². The number of carbonyl (C=O) groups is 2. The zero-order valence-corrected chi connectivity index (χ0v) is 21.2. The smallest absolute Gasteiger partial charge is 0.271 e. The van der Waals surface area contributed by atoms with Gasteiger partial charge in [0.05, 0.1) is 17.8 Å². The largest absolute Gasteiger partial charge is 0.493 e. The number of hydrogen-bond acceptors (Lipinski definition) is 5. The molecule has 2 N–H and O–H groups in total. The fourth-order valence-electron chi connectivity index (χ4n) is 2.94. The Kier molecular flexibility index (Phi) is 8.67. The fourth-order valence-corrected chi connectivity index (χ4v) is 3.64. The Hall–Kier alpha value is -3.36. The van der Waals surface area contributed by atoms with Crippen LogP contribution < -0.4 is 20.2 Å². The molecular weight excluding hydrogens is 522 g/mol. The van der Waals surface area contributed by atoms with Gasteiger partial charge in [0.2, 0.25) is 0 Å². The molecular formula is C25H23BrClN3O4. The molecule has 0 saturated carbocycles. The van der Waals surface area contributed by atoms with Gasteiger partial charge in [0.25, 0.3) is 11.8 Å². The zero-order valence-electron chi connectivity index (χ0n) is 18.8. The van der Waals surface area contributed by atoms with E-state index in [4.69, 9.17) is 21.1 Å². The Morgan fingerprint density at radius 2 is 1.79 bits per heavy atom. The van der Waals surface area contributed by atoms with E-state index in [-0.39, 0.29) is 18.4 Å². The van der Waals surface area contributed by atoms with Crippen molar-refractivity contribution in [2.24, 2.45) is 5.10 Å². The van der Waals surface area contributed by atoms with Crippen molar-refractivity contribution in [3.63, 3.8) is 0 Å². The molecule has 9 heteroatoms. The highest BCUT2D eigenvalue weighted by atomic mass is 79.9. The maximum Gasteiger partial charge on any atom is 0.271 e. The summed E-state index contributed by atoms with van der Waals surface area (Å²) in [5, 5.41) is 7.34. The molecule has 176 valence electrons. The van der Waals surface area contributed by atoms with Gasteiger partial charge in [-0.2, -0.15) is 5.10 Å². The van der Waals surface area contributed by atoms with E-state index in [0.717, 1.165) is 11.1 Å². The highest BCUT2D eigenvalue weighted by Gasteiger charge is 2.14. The van der Waals surface area contributed by atoms with Crippen LogP contribution in [0.3, 0.4) is 0 Å². The Bertz CT molecular complexity index is 1230. The minimum Gasteiger partial charge on any atom is -0.493 e. The minimum atomic E-state index is -0.367. The van der Waals surface area contributed by atoms with E-state index in [2.05, 4.69) is 31.8 Å². The number of nitrogens with one attached hydrogen (secondary N) is 2. The number of halogens is 2. The molecule has 2 amide bonds. The van der Waals surface area contributed by atoms with Gasteiger partial charge in [0, 0.05) is 16.3 Å². The number of nitrogens with zero attached hydrogens (tertiary/aromatic N) is 1. The summed E-state index contributed by atoms with van der Waals surface area (Å²) in [5.41, 5.74) is 6.48. The second-order valence-electron chi connectivity index (χ2n) is 7.38. The molecule has 0 heterocycles. The average molecular weight is 545 g/mol. The number of rotatable bonds is 8. The van der Waals surface area contributed by atoms with Crippen LogP contribution in [0.1, 0.15) is 27.0 Å². The molecule has 3 aromatic carbocycles. The van der Waals surface area contributed by atoms with Gasteiger partial charge in [-0.1, -0.05) is 17.7 Å². The van der Waals surface area contributed by atoms with Crippen molar-refractivity contribution < 1.29 is 19.1 Å². The monoisotopic (exact) mass is 543 g/mol. The van der Waals surface area contributed by atoms with Crippen molar-refractivity contribution in [2.45, 2.75) is 13.8 Å². The van der Waals surface area contributed by atoms with Crippen LogP contribution in [0, 0.1) is 13.8 Å². The van der Waals surface area contributed by atoms with Crippen LogP contribution in [0.15, 0.2) is 64.2 Å². The summed E-state index contributed by atoms with van der Waals surface area (Å²) in [6, 6.07) is 15.6. The summed E-state index contributed by atoms with van der Waals surface area (Å²) in [4.78, 5) is 24.5. The highest BCUT2D eigenvalue weighted by molar-refractivity contribution is 9.10. The lowest BCUT2D eigenvalue weighted by Gasteiger charge is -2.14. The molecule has 0 aliphatic heterocycles. The Balaban J connectivity index is 1.62. The fraction of sp³-hybridized carbons (Fsp3) is 0.160. The predicted octanol–water partition coefficient (Wildman–Crippen LogP) is 5.51. The van der Waals surface area contributed by atoms with Crippen molar-refractivity contribution in [1.29, 1.82) is 0 Å². The molecule has 0 radical (unpaired) electrons. The van der Waals surface area contributed by atoms with Gasteiger partial charge in [0.15, 0.2) is 18.1 Å². The van der Waals surface area contributed by atoms with Gasteiger partial charge in [-0.15, -0.1) is 0 Å². The number of amides is 2. The number of anilines is 1. The van der Waals surface area contributed by atoms with E-state index in [9.17, 15) is 9.59 Å². The molecule has 7 nitrogen and oxygen atoms in total. The second kappa shape index (κ2) is 11.7. The minimum absolute atomic E-state index is 0.202. The van der Waals surface area contributed by atoms with E-state index in [0.29, 0.717) is 37.8 Å². The summed E-state index contributed by atoms with van der Waals surface area (Å²) in [6.45, 7) is 3.79. The number of aryl methyl sites for hydroxylation is 2. The number of carbonyl (C=O) groups excluding carboxylic acids is 2. The van der Waals surface area contributed by atoms with Crippen LogP contribution in [-0.2, 0) is 4.79 Å². The molecule has 3 rings (SSSR count). The topological polar surface area (TPSA) is 89.0 Å². The van der Waals surface area contributed by atoms with Gasteiger partial charge in [-0.05, 0) is 95.0 Å². The maximum atomic E-state index is 12.3. The number of benzene rings is 3. The first-order valence-electron chi connectivity index (χ1n) is 10.2. The lowest BCUT2D eigenvalue weighted by atomic mass is 10.1. The van der Waals surface area contributed by atoms with Crippen LogP contribution in [0.25, 0.3) is 0 Å². The van der Waals surface area contributed by atoms with Crippen molar-refractivity contribution in [3.05, 3.63) is 86.3 Å². The van der Waals surface area contributed by atoms with Crippen molar-refractivity contribution in [3.8, 4) is 11.5 Å². The van der Waals surface area contributed by atoms with Gasteiger partial charge in [-0.25, -0.2) is 5.43 Å². The first kappa shape index (κ1) is 25.3. The lowest BCUT2D eigenvalue weighted by Crippen LogP contribution is -2.20. The van der Waals surface area contributed by atoms with Crippen LogP contribution >= 0.6 is 27.5 Å². The molecule has 3 aromatic rings. The first-order valence-corrected chi connectivity index (χ1v) is 11.4. The molecule has 34 heavy (non-hydrogen) atoms. The van der Waals surface area contributed by atoms with Gasteiger partial charge >= 0.3 is 0 Å². The van der Waals surface area contributed by atoms with Crippen LogP contribution in [0.2, 0.25) is 5.02 Å². The van der Waals surface area contributed by atoms with E-state index >= 15 is 0 Å². The highest BCUT2D eigenvalue weighted by Crippen LogP contribution is 2.36. The van der Waals surface area contributed by atoms with Crippen LogP contribution in [-0.4, -0.2) is 31.7 Å². The number of ether oxygens (including phenoxy) is 2. The van der Waals surface area contributed by atoms with Crippen LogP contribution in [0.5, 0.6) is 11.5 Å². The normalized spacial score (nSPS) is 10.7. The van der Waals surface area contributed by atoms with E-state index in [1.807, 2.05) is 32.0 Å². The average Bonchev–Trinajstić information content (AvgIpc) is 2.80. The zero-order chi connectivity index (χ0) is 24.7. The van der Waals surface area contributed by atoms with Crippen LogP contribution in [0.4, 0.5) is 5.69 Å². The SMILES string of the molecule is COc1cc(/C=N/NC(=O)c2ccc(Cl)cc2)cc(Br)c1OCC(=O)Nc1ccc(C)c(C)c1. The third-order valence-electron chi connectivity index (χ3n) is 4.88. The van der Waals surface area contributed by atoms with Gasteiger partial charge in [-0.3, -0.25) is 9.59 Å². The maximum absolute atomic E-state index is 12.3. The van der Waals surface area contributed by atoms with Crippen molar-refractivity contribution >= 4 is 51.2 Å². The Morgan fingerprint density at radius 3 is 2.47 bits per heavy atom. The lowest BCUT2D eigenvalue weighted by molar-refractivity contribution is -0.118. The standard InChI is InChI=1S/C25H23BrClN3O4/c1-15-4-9-20(10-16(15)2)29-23(31)14-34-24-21(26)11-17(12-22(24)33-3)13-28-30-25(32)18-5-7-19(27)8-6-18/h4-13H,14H2,1-3H3,(H,29,31)(H,30,32)/b28-13+. The van der Waals surface area contributed by atoms with E-state index in [1.165, 1.54) is 13.3 Å². The molecule has 0 atom stereocenters. The molecule has 0 spiro atoms. The Labute approximate surface area is 211 Å². The summed E-state index contributed by atoms with van der Waals surface area (Å²) in [6.07, 6.45) is 1.47. The van der Waals surface area contributed by atoms with Crippen molar-refractivity contribution in [2.75, 3.05) is 19.0 Å². The summed E-state index contributed by atoms with van der Waals surface area (Å²) in [5.74, 6) is 0.111. The number of methoxy groups -OCH3 is 1. The first-order chi connectivity index (χ1) is 16.3. The number of hydrogen-bond donors (Lipinski definition) is 2. The number of hydrazone groups is 1. The van der Waals surface area contributed by atoms with E-state index < -0.39 is 0 Å². The third-order valence-corrected chi connectivity index (χ3v) is 5.72. The molecule has 0 saturated heterocycles. The molecule has 0 bridgehead atoms. The summed E-state index contributed by atoms with van der Waals surface area (Å²) in [7, 11) is 1.49. The van der Waals surface area contributed by atoms with Crippen molar-refractivity contribution in [1.82, 2.24) is 5.43 Å². The summed E-state index contributed by atoms with van der Waals surface area (Å²) < 4.78 is 11.7. The quantitative estimate of drug-likeness (QED) is 0.289. The van der Waals surface area contributed by atoms with Gasteiger partial charge < -0.3 is 14.8 Å².